The number of aliphatic hydroxyl groups is 2. The maximum atomic E-state index is 9.51. The lowest BCUT2D eigenvalue weighted by Crippen LogP contribution is -2.38. The SMILES string of the molecule is COc1ccc2c(n1)N(CC(O)CO)CCC2. The van der Waals surface area contributed by atoms with Crippen molar-refractivity contribution in [3.05, 3.63) is 17.7 Å². The van der Waals surface area contributed by atoms with Crippen LogP contribution in [0.4, 0.5) is 5.82 Å². The van der Waals surface area contributed by atoms with Crippen LogP contribution < -0.4 is 9.64 Å². The topological polar surface area (TPSA) is 65.8 Å². The molecule has 1 unspecified atom stereocenters. The van der Waals surface area contributed by atoms with Gasteiger partial charge in [-0.1, -0.05) is 0 Å². The van der Waals surface area contributed by atoms with E-state index in [-0.39, 0.29) is 6.61 Å². The molecule has 5 nitrogen and oxygen atoms in total. The highest BCUT2D eigenvalue weighted by Crippen LogP contribution is 2.27. The first kappa shape index (κ1) is 12.1. The van der Waals surface area contributed by atoms with Gasteiger partial charge < -0.3 is 19.8 Å². The molecule has 2 heterocycles. The smallest absolute Gasteiger partial charge is 0.214 e. The van der Waals surface area contributed by atoms with Gasteiger partial charge in [0.25, 0.3) is 0 Å². The highest BCUT2D eigenvalue weighted by molar-refractivity contribution is 5.51. The summed E-state index contributed by atoms with van der Waals surface area (Å²) in [5.74, 6) is 1.44. The van der Waals surface area contributed by atoms with E-state index < -0.39 is 6.10 Å². The minimum absolute atomic E-state index is 0.226. The summed E-state index contributed by atoms with van der Waals surface area (Å²) < 4.78 is 5.11. The summed E-state index contributed by atoms with van der Waals surface area (Å²) in [6.07, 6.45) is 1.31. The number of hydrogen-bond acceptors (Lipinski definition) is 5. The third-order valence-corrected chi connectivity index (χ3v) is 2.96. The van der Waals surface area contributed by atoms with Crippen LogP contribution in [0.2, 0.25) is 0 Å². The fourth-order valence-corrected chi connectivity index (χ4v) is 2.10. The highest BCUT2D eigenvalue weighted by atomic mass is 16.5. The van der Waals surface area contributed by atoms with Crippen LogP contribution in [0.1, 0.15) is 12.0 Å². The molecule has 1 aromatic heterocycles. The summed E-state index contributed by atoms with van der Waals surface area (Å²) in [4.78, 5) is 6.41. The summed E-state index contributed by atoms with van der Waals surface area (Å²) in [5, 5.41) is 18.4. The Morgan fingerprint density at radius 1 is 1.53 bits per heavy atom. The van der Waals surface area contributed by atoms with Gasteiger partial charge in [0.1, 0.15) is 5.82 Å². The van der Waals surface area contributed by atoms with Crippen molar-refractivity contribution in [2.45, 2.75) is 18.9 Å². The predicted octanol–water partition coefficient (Wildman–Crippen LogP) is 0.196. The summed E-state index contributed by atoms with van der Waals surface area (Å²) in [6.45, 7) is 1.03. The Morgan fingerprint density at radius 3 is 3.06 bits per heavy atom. The van der Waals surface area contributed by atoms with Crippen molar-refractivity contribution in [2.24, 2.45) is 0 Å². The lowest BCUT2D eigenvalue weighted by molar-refractivity contribution is 0.0994. The number of ether oxygens (including phenoxy) is 1. The molecule has 94 valence electrons. The van der Waals surface area contributed by atoms with Crippen LogP contribution in [-0.2, 0) is 6.42 Å². The van der Waals surface area contributed by atoms with Gasteiger partial charge in [0.15, 0.2) is 0 Å². The van der Waals surface area contributed by atoms with E-state index in [4.69, 9.17) is 9.84 Å². The van der Waals surface area contributed by atoms with Crippen molar-refractivity contribution in [2.75, 3.05) is 31.7 Å². The molecule has 2 rings (SSSR count). The molecule has 0 saturated carbocycles. The Balaban J connectivity index is 2.22. The number of anilines is 1. The molecule has 1 atom stereocenters. The van der Waals surface area contributed by atoms with Gasteiger partial charge in [-0.3, -0.25) is 0 Å². The molecule has 1 aliphatic heterocycles. The number of aryl methyl sites for hydroxylation is 1. The van der Waals surface area contributed by atoms with Gasteiger partial charge in [0.05, 0.1) is 19.8 Å². The molecule has 2 N–H and O–H groups in total. The first-order valence-corrected chi connectivity index (χ1v) is 5.82. The standard InChI is InChI=1S/C12H18N2O3/c1-17-11-5-4-9-3-2-6-14(12(9)13-11)7-10(16)8-15/h4-5,10,15-16H,2-3,6-8H2,1H3. The lowest BCUT2D eigenvalue weighted by atomic mass is 10.1. The molecule has 1 aliphatic rings. The van der Waals surface area contributed by atoms with E-state index in [0.717, 1.165) is 25.2 Å². The van der Waals surface area contributed by atoms with E-state index in [0.29, 0.717) is 12.4 Å². The highest BCUT2D eigenvalue weighted by Gasteiger charge is 2.21. The maximum Gasteiger partial charge on any atom is 0.214 e. The Hall–Kier alpha value is -1.33. The fraction of sp³-hybridized carbons (Fsp3) is 0.583. The number of methoxy groups -OCH3 is 1. The van der Waals surface area contributed by atoms with Crippen molar-refractivity contribution < 1.29 is 14.9 Å². The first-order valence-electron chi connectivity index (χ1n) is 5.82. The molecule has 0 saturated heterocycles. The monoisotopic (exact) mass is 238 g/mol. The van der Waals surface area contributed by atoms with E-state index in [2.05, 4.69) is 4.98 Å². The van der Waals surface area contributed by atoms with Crippen molar-refractivity contribution in [3.63, 3.8) is 0 Å². The van der Waals surface area contributed by atoms with Crippen molar-refractivity contribution in [3.8, 4) is 5.88 Å². The molecule has 0 bridgehead atoms. The van der Waals surface area contributed by atoms with E-state index in [9.17, 15) is 5.11 Å². The summed E-state index contributed by atoms with van der Waals surface area (Å²) in [6, 6.07) is 3.86. The molecule has 0 spiro atoms. The number of fused-ring (bicyclic) bond motifs is 1. The lowest BCUT2D eigenvalue weighted by Gasteiger charge is -2.31. The molecule has 0 amide bonds. The maximum absolute atomic E-state index is 9.51. The number of rotatable bonds is 4. The van der Waals surface area contributed by atoms with Crippen molar-refractivity contribution in [1.29, 1.82) is 0 Å². The molecule has 0 radical (unpaired) electrons. The quantitative estimate of drug-likeness (QED) is 0.784. The molecule has 0 aromatic carbocycles. The van der Waals surface area contributed by atoms with Crippen LogP contribution in [0.15, 0.2) is 12.1 Å². The van der Waals surface area contributed by atoms with Crippen LogP contribution in [-0.4, -0.2) is 48.1 Å². The Morgan fingerprint density at radius 2 is 2.35 bits per heavy atom. The van der Waals surface area contributed by atoms with Crippen LogP contribution >= 0.6 is 0 Å². The zero-order valence-corrected chi connectivity index (χ0v) is 9.96. The first-order chi connectivity index (χ1) is 8.24. The number of pyridine rings is 1. The summed E-state index contributed by atoms with van der Waals surface area (Å²) >= 11 is 0. The van der Waals surface area contributed by atoms with Gasteiger partial charge in [0.2, 0.25) is 5.88 Å². The second kappa shape index (κ2) is 5.33. The van der Waals surface area contributed by atoms with Crippen LogP contribution in [0.25, 0.3) is 0 Å². The van der Waals surface area contributed by atoms with E-state index in [1.807, 2.05) is 17.0 Å². The molecular weight excluding hydrogens is 220 g/mol. The van der Waals surface area contributed by atoms with Crippen LogP contribution in [0.3, 0.4) is 0 Å². The number of aliphatic hydroxyl groups excluding tert-OH is 2. The van der Waals surface area contributed by atoms with Crippen molar-refractivity contribution in [1.82, 2.24) is 4.98 Å². The molecule has 1 aromatic rings. The number of β-amino-alcohol motifs (C(OH)–C–C–N with tert-alkyl or cyclic N) is 1. The summed E-state index contributed by atoms with van der Waals surface area (Å²) in [5.41, 5.74) is 1.17. The van der Waals surface area contributed by atoms with Gasteiger partial charge in [0, 0.05) is 19.2 Å². The van der Waals surface area contributed by atoms with Crippen molar-refractivity contribution >= 4 is 5.82 Å². The second-order valence-electron chi connectivity index (χ2n) is 4.22. The Bertz CT molecular complexity index is 384. The normalized spacial score (nSPS) is 16.5. The molecule has 17 heavy (non-hydrogen) atoms. The number of hydrogen-bond donors (Lipinski definition) is 2. The zero-order valence-electron chi connectivity index (χ0n) is 9.96. The van der Waals surface area contributed by atoms with Crippen LogP contribution in [0.5, 0.6) is 5.88 Å². The Kier molecular flexibility index (Phi) is 3.81. The third kappa shape index (κ3) is 2.68. The van der Waals surface area contributed by atoms with E-state index in [1.54, 1.807) is 7.11 Å². The largest absolute Gasteiger partial charge is 0.481 e. The Labute approximate surface area is 101 Å². The molecule has 0 aliphatic carbocycles. The van der Waals surface area contributed by atoms with Gasteiger partial charge >= 0.3 is 0 Å². The third-order valence-electron chi connectivity index (χ3n) is 2.96. The number of nitrogens with zero attached hydrogens (tertiary/aromatic N) is 2. The molecule has 5 heteroatoms. The van der Waals surface area contributed by atoms with Gasteiger partial charge in [-0.2, -0.15) is 4.98 Å². The predicted molar refractivity (Wildman–Crippen MR) is 64.4 cm³/mol. The summed E-state index contributed by atoms with van der Waals surface area (Å²) in [7, 11) is 1.59. The molecular formula is C12H18N2O3. The average Bonchev–Trinajstić information content (AvgIpc) is 2.38. The van der Waals surface area contributed by atoms with Gasteiger partial charge in [-0.15, -0.1) is 0 Å². The number of aromatic nitrogens is 1. The minimum atomic E-state index is -0.728. The second-order valence-corrected chi connectivity index (χ2v) is 4.22. The zero-order chi connectivity index (χ0) is 12.3. The van der Waals surface area contributed by atoms with Gasteiger partial charge in [-0.05, 0) is 24.5 Å². The van der Waals surface area contributed by atoms with E-state index >= 15 is 0 Å². The fourth-order valence-electron chi connectivity index (χ4n) is 2.10. The van der Waals surface area contributed by atoms with Crippen LogP contribution in [0, 0.1) is 0 Å². The molecule has 0 fully saturated rings. The minimum Gasteiger partial charge on any atom is -0.481 e. The average molecular weight is 238 g/mol. The van der Waals surface area contributed by atoms with Gasteiger partial charge in [-0.25, -0.2) is 0 Å². The van der Waals surface area contributed by atoms with E-state index in [1.165, 1.54) is 5.56 Å².